The minimum absolute atomic E-state index is 0.301. The number of amides is 1. The molecule has 2 N–H and O–H groups in total. The molecule has 1 amide bonds. The molecule has 0 saturated carbocycles. The number of anilines is 1. The lowest BCUT2D eigenvalue weighted by atomic mass is 10.1. The maximum Gasteiger partial charge on any atom is 0.258 e. The number of nitrogens with one attached hydrogen (secondary N) is 2. The van der Waals surface area contributed by atoms with Gasteiger partial charge in [-0.15, -0.1) is 0 Å². The van der Waals surface area contributed by atoms with Gasteiger partial charge in [-0.25, -0.2) is 4.99 Å². The molecule has 8 heteroatoms. The fourth-order valence-electron chi connectivity index (χ4n) is 3.68. The molecule has 3 aromatic rings. The van der Waals surface area contributed by atoms with Crippen molar-refractivity contribution in [3.63, 3.8) is 0 Å². The second kappa shape index (κ2) is 11.6. The minimum atomic E-state index is -0.301. The van der Waals surface area contributed by atoms with Crippen molar-refractivity contribution in [2.75, 3.05) is 18.5 Å². The molecule has 186 valence electrons. The Hall–Kier alpha value is -3.81. The standard InChI is InChI=1S/C27H35N5O3/c1-8-34-24-13-12-21(15-25(24)35-9-2)26(33)30-27(29-23-14-17(3)10-11-18(23)4)28-16-22-19(5)31-32(7)20(22)6/h10-15H,8-9,16H2,1-7H3,(H2,28,29,30,33). The van der Waals surface area contributed by atoms with Crippen molar-refractivity contribution in [2.45, 2.75) is 48.1 Å². The average Bonchev–Trinajstić information content (AvgIpc) is 3.06. The Labute approximate surface area is 207 Å². The summed E-state index contributed by atoms with van der Waals surface area (Å²) in [6, 6.07) is 11.3. The maximum atomic E-state index is 13.2. The fraction of sp³-hybridized carbons (Fsp3) is 0.370. The van der Waals surface area contributed by atoms with E-state index >= 15 is 0 Å². The molecule has 0 aliphatic heterocycles. The molecule has 0 spiro atoms. The van der Waals surface area contributed by atoms with Gasteiger partial charge in [0.2, 0.25) is 5.96 Å². The predicted octanol–water partition coefficient (Wildman–Crippen LogP) is 4.85. The van der Waals surface area contributed by atoms with Gasteiger partial charge in [-0.2, -0.15) is 5.10 Å². The van der Waals surface area contributed by atoms with E-state index in [0.717, 1.165) is 33.8 Å². The van der Waals surface area contributed by atoms with Gasteiger partial charge in [-0.05, 0) is 76.9 Å². The van der Waals surface area contributed by atoms with E-state index in [4.69, 9.17) is 14.5 Å². The highest BCUT2D eigenvalue weighted by atomic mass is 16.5. The topological polar surface area (TPSA) is 89.8 Å². The Bertz CT molecular complexity index is 1230. The zero-order chi connectivity index (χ0) is 25.5. The third kappa shape index (κ3) is 6.41. The van der Waals surface area contributed by atoms with Crippen LogP contribution in [0, 0.1) is 27.7 Å². The van der Waals surface area contributed by atoms with Gasteiger partial charge in [0.05, 0.1) is 25.5 Å². The van der Waals surface area contributed by atoms with Crippen LogP contribution in [0.2, 0.25) is 0 Å². The molecule has 3 rings (SSSR count). The minimum Gasteiger partial charge on any atom is -0.490 e. The van der Waals surface area contributed by atoms with Crippen LogP contribution in [0.5, 0.6) is 11.5 Å². The molecule has 2 aromatic carbocycles. The molecule has 0 unspecified atom stereocenters. The zero-order valence-electron chi connectivity index (χ0n) is 21.7. The van der Waals surface area contributed by atoms with E-state index in [1.165, 1.54) is 0 Å². The average molecular weight is 478 g/mol. The van der Waals surface area contributed by atoms with E-state index in [0.29, 0.717) is 42.8 Å². The van der Waals surface area contributed by atoms with Gasteiger partial charge >= 0.3 is 0 Å². The van der Waals surface area contributed by atoms with E-state index in [2.05, 4.69) is 15.7 Å². The SMILES string of the molecule is CCOc1ccc(C(=O)NC(=NCc2c(C)nn(C)c2C)Nc2cc(C)ccc2C)cc1OCC. The molecule has 0 bridgehead atoms. The second-order valence-corrected chi connectivity index (χ2v) is 8.36. The second-order valence-electron chi connectivity index (χ2n) is 8.36. The van der Waals surface area contributed by atoms with Crippen molar-refractivity contribution in [1.29, 1.82) is 0 Å². The van der Waals surface area contributed by atoms with E-state index in [9.17, 15) is 4.79 Å². The van der Waals surface area contributed by atoms with Crippen molar-refractivity contribution in [2.24, 2.45) is 12.0 Å². The van der Waals surface area contributed by atoms with Crippen LogP contribution in [0.25, 0.3) is 0 Å². The molecular weight excluding hydrogens is 442 g/mol. The van der Waals surface area contributed by atoms with E-state index in [1.807, 2.05) is 71.5 Å². The summed E-state index contributed by atoms with van der Waals surface area (Å²) in [6.45, 7) is 13.2. The molecule has 1 aromatic heterocycles. The first-order valence-electron chi connectivity index (χ1n) is 11.8. The highest BCUT2D eigenvalue weighted by Crippen LogP contribution is 2.28. The monoisotopic (exact) mass is 477 g/mol. The Morgan fingerprint density at radius 1 is 1.00 bits per heavy atom. The Morgan fingerprint density at radius 2 is 1.71 bits per heavy atom. The number of rotatable bonds is 8. The largest absolute Gasteiger partial charge is 0.490 e. The lowest BCUT2D eigenvalue weighted by Gasteiger charge is -2.16. The van der Waals surface area contributed by atoms with Crippen LogP contribution in [-0.2, 0) is 13.6 Å². The van der Waals surface area contributed by atoms with Gasteiger partial charge in [0.1, 0.15) is 0 Å². The number of guanidine groups is 1. The summed E-state index contributed by atoms with van der Waals surface area (Å²) in [5.74, 6) is 1.20. The van der Waals surface area contributed by atoms with Crippen molar-refractivity contribution < 1.29 is 14.3 Å². The summed E-state index contributed by atoms with van der Waals surface area (Å²) in [6.07, 6.45) is 0. The third-order valence-electron chi connectivity index (χ3n) is 5.74. The molecule has 0 aliphatic rings. The van der Waals surface area contributed by atoms with Crippen LogP contribution < -0.4 is 20.1 Å². The van der Waals surface area contributed by atoms with E-state index in [1.54, 1.807) is 18.2 Å². The van der Waals surface area contributed by atoms with Crippen LogP contribution in [-0.4, -0.2) is 34.9 Å². The predicted molar refractivity (Wildman–Crippen MR) is 140 cm³/mol. The Kier molecular flexibility index (Phi) is 8.52. The highest BCUT2D eigenvalue weighted by molar-refractivity contribution is 6.10. The molecule has 1 heterocycles. The Balaban J connectivity index is 1.91. The van der Waals surface area contributed by atoms with Gasteiger partial charge in [-0.1, -0.05) is 12.1 Å². The molecule has 8 nitrogen and oxygen atoms in total. The molecule has 0 saturated heterocycles. The summed E-state index contributed by atoms with van der Waals surface area (Å²) in [5, 5.41) is 10.7. The lowest BCUT2D eigenvalue weighted by molar-refractivity contribution is 0.0976. The molecule has 35 heavy (non-hydrogen) atoms. The highest BCUT2D eigenvalue weighted by Gasteiger charge is 2.15. The van der Waals surface area contributed by atoms with Crippen molar-refractivity contribution in [3.05, 3.63) is 70.0 Å². The summed E-state index contributed by atoms with van der Waals surface area (Å²) in [5.41, 5.74) is 6.46. The summed E-state index contributed by atoms with van der Waals surface area (Å²) >= 11 is 0. The summed E-state index contributed by atoms with van der Waals surface area (Å²) in [7, 11) is 1.91. The van der Waals surface area contributed by atoms with Gasteiger partial charge < -0.3 is 14.8 Å². The molecule has 0 aliphatic carbocycles. The van der Waals surface area contributed by atoms with Gasteiger partial charge in [-0.3, -0.25) is 14.8 Å². The van der Waals surface area contributed by atoms with Gasteiger partial charge in [0, 0.05) is 29.6 Å². The maximum absolute atomic E-state index is 13.2. The summed E-state index contributed by atoms with van der Waals surface area (Å²) in [4.78, 5) is 18.0. The van der Waals surface area contributed by atoms with Crippen LogP contribution >= 0.6 is 0 Å². The van der Waals surface area contributed by atoms with Crippen LogP contribution in [0.1, 0.15) is 52.3 Å². The van der Waals surface area contributed by atoms with Crippen LogP contribution in [0.3, 0.4) is 0 Å². The first-order valence-corrected chi connectivity index (χ1v) is 11.8. The lowest BCUT2D eigenvalue weighted by Crippen LogP contribution is -2.36. The number of hydrogen-bond acceptors (Lipinski definition) is 5. The number of aromatic nitrogens is 2. The van der Waals surface area contributed by atoms with Crippen molar-refractivity contribution in [3.8, 4) is 11.5 Å². The number of ether oxygens (including phenoxy) is 2. The summed E-state index contributed by atoms with van der Waals surface area (Å²) < 4.78 is 13.1. The quantitative estimate of drug-likeness (QED) is 0.358. The normalized spacial score (nSPS) is 11.3. The van der Waals surface area contributed by atoms with E-state index < -0.39 is 0 Å². The number of carbonyl (C=O) groups is 1. The zero-order valence-corrected chi connectivity index (χ0v) is 21.7. The number of hydrogen-bond donors (Lipinski definition) is 2. The molecule has 0 atom stereocenters. The number of benzene rings is 2. The number of carbonyl (C=O) groups excluding carboxylic acids is 1. The van der Waals surface area contributed by atoms with Gasteiger partial charge in [0.15, 0.2) is 11.5 Å². The molecule has 0 radical (unpaired) electrons. The smallest absolute Gasteiger partial charge is 0.258 e. The fourth-order valence-corrected chi connectivity index (χ4v) is 3.68. The van der Waals surface area contributed by atoms with E-state index in [-0.39, 0.29) is 5.91 Å². The van der Waals surface area contributed by atoms with Crippen molar-refractivity contribution in [1.82, 2.24) is 15.1 Å². The van der Waals surface area contributed by atoms with Crippen molar-refractivity contribution >= 4 is 17.6 Å². The first-order chi connectivity index (χ1) is 16.7. The number of aryl methyl sites for hydroxylation is 4. The van der Waals surface area contributed by atoms with Crippen LogP contribution in [0.4, 0.5) is 5.69 Å². The number of nitrogens with zero attached hydrogens (tertiary/aromatic N) is 3. The Morgan fingerprint density at radius 3 is 2.37 bits per heavy atom. The number of aliphatic imine (C=N–C) groups is 1. The van der Waals surface area contributed by atoms with Gasteiger partial charge in [0.25, 0.3) is 5.91 Å². The van der Waals surface area contributed by atoms with Crippen LogP contribution in [0.15, 0.2) is 41.4 Å². The first kappa shape index (κ1) is 25.8. The molecule has 0 fully saturated rings. The third-order valence-corrected chi connectivity index (χ3v) is 5.74. The molecular formula is C27H35N5O3.